The van der Waals surface area contributed by atoms with E-state index in [0.717, 1.165) is 23.4 Å². The van der Waals surface area contributed by atoms with Gasteiger partial charge in [-0.25, -0.2) is 0 Å². The number of rotatable bonds is 2. The Labute approximate surface area is 212 Å². The molecule has 0 radical (unpaired) electrons. The minimum Gasteiger partial charge on any atom is -0.502 e. The summed E-state index contributed by atoms with van der Waals surface area (Å²) in [5.41, 5.74) is 3.04. The smallest absolute Gasteiger partial charge is 0.278 e. The highest BCUT2D eigenvalue weighted by atomic mass is 32.2. The molecule has 2 atom stereocenters. The maximum Gasteiger partial charge on any atom is 0.278 e. The summed E-state index contributed by atoms with van der Waals surface area (Å²) in [6.45, 7) is 3.31. The second-order valence-electron chi connectivity index (χ2n) is 9.70. The van der Waals surface area contributed by atoms with Crippen molar-refractivity contribution in [1.82, 2.24) is 14.5 Å². The van der Waals surface area contributed by atoms with Crippen LogP contribution in [0.3, 0.4) is 0 Å². The third kappa shape index (κ3) is 3.23. The monoisotopic (exact) mass is 502 g/mol. The SMILES string of the molecule is O=C1c2c(O)c(=O)ccn2N([C@H]2c3ccccc3CSc3ccccc32)[C@@H]2CN(C3COC3)CCN12. The summed E-state index contributed by atoms with van der Waals surface area (Å²) < 4.78 is 7.20. The van der Waals surface area contributed by atoms with Crippen molar-refractivity contribution in [3.63, 3.8) is 0 Å². The van der Waals surface area contributed by atoms with Crippen LogP contribution >= 0.6 is 11.8 Å². The van der Waals surface area contributed by atoms with Gasteiger partial charge in [-0.1, -0.05) is 42.5 Å². The van der Waals surface area contributed by atoms with Gasteiger partial charge >= 0.3 is 0 Å². The summed E-state index contributed by atoms with van der Waals surface area (Å²) in [5, 5.41) is 13.0. The molecule has 9 heteroatoms. The van der Waals surface area contributed by atoms with E-state index in [2.05, 4.69) is 58.4 Å². The van der Waals surface area contributed by atoms with Crippen LogP contribution in [0.2, 0.25) is 0 Å². The molecule has 0 saturated carbocycles. The highest BCUT2D eigenvalue weighted by molar-refractivity contribution is 7.98. The quantitative estimate of drug-likeness (QED) is 0.577. The molecule has 2 aromatic carbocycles. The number of ether oxygens (including phenoxy) is 1. The first-order chi connectivity index (χ1) is 17.6. The lowest BCUT2D eigenvalue weighted by atomic mass is 9.93. The van der Waals surface area contributed by atoms with E-state index in [0.29, 0.717) is 32.3 Å². The number of aromatic nitrogens is 1. The molecule has 5 heterocycles. The van der Waals surface area contributed by atoms with Crippen molar-refractivity contribution < 1.29 is 14.6 Å². The molecule has 0 bridgehead atoms. The molecule has 184 valence electrons. The molecule has 4 aliphatic rings. The highest BCUT2D eigenvalue weighted by Crippen LogP contribution is 2.44. The number of nitrogens with zero attached hydrogens (tertiary/aromatic N) is 4. The number of thioether (sulfide) groups is 1. The third-order valence-electron chi connectivity index (χ3n) is 7.81. The lowest BCUT2D eigenvalue weighted by Gasteiger charge is -2.55. The van der Waals surface area contributed by atoms with Crippen molar-refractivity contribution >= 4 is 17.7 Å². The second kappa shape index (κ2) is 8.40. The van der Waals surface area contributed by atoms with Crippen LogP contribution < -0.4 is 10.4 Å². The van der Waals surface area contributed by atoms with Gasteiger partial charge in [-0.3, -0.25) is 24.2 Å². The summed E-state index contributed by atoms with van der Waals surface area (Å²) in [6.07, 6.45) is 1.36. The second-order valence-corrected chi connectivity index (χ2v) is 10.7. The number of hydrogen-bond donors (Lipinski definition) is 1. The van der Waals surface area contributed by atoms with Gasteiger partial charge in [0.15, 0.2) is 11.4 Å². The van der Waals surface area contributed by atoms with E-state index >= 15 is 0 Å². The van der Waals surface area contributed by atoms with E-state index in [-0.39, 0.29) is 23.8 Å². The van der Waals surface area contributed by atoms with Crippen LogP contribution in [0.15, 0.2) is 70.5 Å². The van der Waals surface area contributed by atoms with Crippen LogP contribution in [-0.2, 0) is 10.5 Å². The van der Waals surface area contributed by atoms with E-state index in [9.17, 15) is 14.7 Å². The number of carbonyl (C=O) groups is 1. The maximum absolute atomic E-state index is 13.7. The Kier molecular flexibility index (Phi) is 5.13. The molecule has 36 heavy (non-hydrogen) atoms. The van der Waals surface area contributed by atoms with Crippen LogP contribution in [0.25, 0.3) is 0 Å². The van der Waals surface area contributed by atoms with Crippen LogP contribution in [0.1, 0.15) is 33.2 Å². The van der Waals surface area contributed by atoms with Gasteiger partial charge in [-0.15, -0.1) is 11.8 Å². The fourth-order valence-corrected chi connectivity index (χ4v) is 6.97. The molecule has 4 aliphatic heterocycles. The lowest BCUT2D eigenvalue weighted by molar-refractivity contribution is -0.0863. The zero-order chi connectivity index (χ0) is 24.4. The summed E-state index contributed by atoms with van der Waals surface area (Å²) in [6, 6.07) is 18.3. The molecular weight excluding hydrogens is 476 g/mol. The standard InChI is InChI=1S/C27H26N4O4S/c32-21-9-10-30-25(26(21)33)27(34)29-12-11-28(18-14-35-15-18)13-23(29)31(30)24-19-6-2-1-5-17(19)16-36-22-8-4-3-7-20(22)24/h1-10,18,23-24,33H,11-16H2/t23-,24+/m1/s1. The van der Waals surface area contributed by atoms with E-state index in [1.165, 1.54) is 16.5 Å². The van der Waals surface area contributed by atoms with Gasteiger partial charge in [0.05, 0.1) is 25.3 Å². The van der Waals surface area contributed by atoms with Crippen LogP contribution in [0, 0.1) is 0 Å². The van der Waals surface area contributed by atoms with E-state index in [4.69, 9.17) is 4.74 Å². The fraction of sp³-hybridized carbons (Fsp3) is 0.333. The summed E-state index contributed by atoms with van der Waals surface area (Å²) in [7, 11) is 0. The van der Waals surface area contributed by atoms with Crippen molar-refractivity contribution in [3.05, 3.63) is 93.4 Å². The first kappa shape index (κ1) is 22.0. The molecule has 1 amide bonds. The van der Waals surface area contributed by atoms with Gasteiger partial charge in [-0.2, -0.15) is 0 Å². The largest absolute Gasteiger partial charge is 0.502 e. The summed E-state index contributed by atoms with van der Waals surface area (Å²) in [5.74, 6) is 0.0458. The van der Waals surface area contributed by atoms with Crippen LogP contribution in [0.5, 0.6) is 5.75 Å². The van der Waals surface area contributed by atoms with Crippen molar-refractivity contribution in [3.8, 4) is 5.75 Å². The topological polar surface area (TPSA) is 78.2 Å². The zero-order valence-electron chi connectivity index (χ0n) is 19.6. The van der Waals surface area contributed by atoms with E-state index in [1.807, 2.05) is 16.7 Å². The minimum atomic E-state index is -0.546. The molecule has 1 N–H and O–H groups in total. The van der Waals surface area contributed by atoms with Gasteiger partial charge in [0.2, 0.25) is 5.43 Å². The van der Waals surface area contributed by atoms with Crippen molar-refractivity contribution in [1.29, 1.82) is 0 Å². The minimum absolute atomic E-state index is 0.0334. The van der Waals surface area contributed by atoms with Crippen molar-refractivity contribution in [2.75, 3.05) is 37.9 Å². The van der Waals surface area contributed by atoms with Gasteiger partial charge in [0.25, 0.3) is 5.91 Å². The number of hydrogen-bond acceptors (Lipinski definition) is 7. The van der Waals surface area contributed by atoms with Gasteiger partial charge in [0.1, 0.15) is 6.17 Å². The summed E-state index contributed by atoms with van der Waals surface area (Å²) in [4.78, 5) is 31.6. The molecule has 0 unspecified atom stereocenters. The molecule has 1 aromatic heterocycles. The third-order valence-corrected chi connectivity index (χ3v) is 8.94. The Balaban J connectivity index is 1.47. The predicted molar refractivity (Wildman–Crippen MR) is 136 cm³/mol. The van der Waals surface area contributed by atoms with E-state index < -0.39 is 11.2 Å². The van der Waals surface area contributed by atoms with Crippen molar-refractivity contribution in [2.24, 2.45) is 0 Å². The van der Waals surface area contributed by atoms with Crippen molar-refractivity contribution in [2.45, 2.75) is 28.9 Å². The average Bonchev–Trinajstić information content (AvgIpc) is 3.03. The Bertz CT molecular complexity index is 1370. The first-order valence-corrected chi connectivity index (χ1v) is 13.3. The molecular formula is C27H26N4O4S. The Morgan fingerprint density at radius 2 is 1.72 bits per heavy atom. The fourth-order valence-electron chi connectivity index (χ4n) is 5.88. The molecule has 8 nitrogen and oxygen atoms in total. The normalized spacial score (nSPS) is 23.7. The number of pyridine rings is 1. The number of piperazine rings is 1. The Hall–Kier alpha value is -3.27. The number of aromatic hydroxyl groups is 1. The molecule has 0 spiro atoms. The maximum atomic E-state index is 13.7. The number of benzene rings is 2. The summed E-state index contributed by atoms with van der Waals surface area (Å²) >= 11 is 1.81. The highest BCUT2D eigenvalue weighted by Gasteiger charge is 2.47. The average molecular weight is 503 g/mol. The molecule has 2 fully saturated rings. The Morgan fingerprint density at radius 1 is 0.944 bits per heavy atom. The molecule has 3 aromatic rings. The Morgan fingerprint density at radius 3 is 2.53 bits per heavy atom. The van der Waals surface area contributed by atoms with Crippen LogP contribution in [0.4, 0.5) is 0 Å². The number of amides is 1. The number of carbonyl (C=O) groups excluding carboxylic acids is 1. The van der Waals surface area contributed by atoms with Crippen LogP contribution in [-0.4, -0.2) is 70.5 Å². The molecule has 2 saturated heterocycles. The van der Waals surface area contributed by atoms with E-state index in [1.54, 1.807) is 10.9 Å². The van der Waals surface area contributed by atoms with Gasteiger partial charge in [-0.05, 0) is 22.8 Å². The van der Waals surface area contributed by atoms with Gasteiger partial charge < -0.3 is 14.7 Å². The molecule has 0 aliphatic carbocycles. The van der Waals surface area contributed by atoms with Gasteiger partial charge in [0, 0.05) is 42.5 Å². The number of fused-ring (bicyclic) bond motifs is 4. The molecule has 7 rings (SSSR count). The zero-order valence-corrected chi connectivity index (χ0v) is 20.4. The first-order valence-electron chi connectivity index (χ1n) is 12.3. The predicted octanol–water partition coefficient (Wildman–Crippen LogP) is 2.38. The lowest BCUT2D eigenvalue weighted by Crippen LogP contribution is -2.71.